The van der Waals surface area contributed by atoms with Gasteiger partial charge in [0.1, 0.15) is 0 Å². The van der Waals surface area contributed by atoms with Gasteiger partial charge in [0, 0.05) is 21.1 Å². The van der Waals surface area contributed by atoms with Crippen LogP contribution >= 0.6 is 15.8 Å². The Hall–Kier alpha value is -2.73. The summed E-state index contributed by atoms with van der Waals surface area (Å²) in [4.78, 5) is 0. The van der Waals surface area contributed by atoms with E-state index in [-0.39, 0.29) is 21.1 Å². The molecule has 0 aliphatic carbocycles. The molecule has 0 atom stereocenters. The van der Waals surface area contributed by atoms with Crippen molar-refractivity contribution in [2.75, 3.05) is 37.0 Å². The Morgan fingerprint density at radius 2 is 0.407 bits per heavy atom. The monoisotopic (exact) mass is 1230 g/mol. The SMILES string of the molecule is CCP(CC)CC.CCP(CC)CC.[Pt].c1ccc([O][Sn]([O]c2ccccc2)[O]c2ccccc2)cc1.c1ccc([O][Sn]([O]c2ccccc2)[O]c2ccccc2)cc1. The van der Waals surface area contributed by atoms with Gasteiger partial charge in [-0.3, -0.25) is 0 Å². The first-order chi connectivity index (χ1) is 28.5. The van der Waals surface area contributed by atoms with Crippen LogP contribution in [0.1, 0.15) is 41.5 Å². The summed E-state index contributed by atoms with van der Waals surface area (Å²) >= 11 is -6.11. The predicted molar refractivity (Wildman–Crippen MR) is 251 cm³/mol. The number of hydrogen-bond donors (Lipinski definition) is 0. The van der Waals surface area contributed by atoms with E-state index in [1.54, 1.807) is 0 Å². The molecular weight excluding hydrogens is 1170 g/mol. The van der Waals surface area contributed by atoms with Crippen LogP contribution in [0.15, 0.2) is 182 Å². The molecule has 0 saturated heterocycles. The first-order valence-corrected chi connectivity index (χ1v) is 30.8. The molecule has 59 heavy (non-hydrogen) atoms. The molecule has 11 heteroatoms. The topological polar surface area (TPSA) is 55.4 Å². The second-order valence-corrected chi connectivity index (χ2v) is 25.1. The quantitative estimate of drug-likeness (QED) is 0.0631. The molecule has 0 aliphatic rings. The number of benzene rings is 6. The Balaban J connectivity index is 0.000000306. The van der Waals surface area contributed by atoms with Crippen LogP contribution in [0.2, 0.25) is 0 Å². The zero-order valence-corrected chi connectivity index (χ0v) is 45.0. The average Bonchev–Trinajstić information content (AvgIpc) is 3.28. The van der Waals surface area contributed by atoms with Gasteiger partial charge in [-0.2, -0.15) is 0 Å². The third-order valence-electron chi connectivity index (χ3n) is 8.35. The van der Waals surface area contributed by atoms with Crippen LogP contribution in [-0.4, -0.2) is 79.0 Å². The van der Waals surface area contributed by atoms with Crippen molar-refractivity contribution in [1.82, 2.24) is 0 Å². The van der Waals surface area contributed by atoms with Gasteiger partial charge in [-0.05, 0) is 37.0 Å². The van der Waals surface area contributed by atoms with Crippen molar-refractivity contribution in [3.8, 4) is 34.5 Å². The molecule has 0 heterocycles. The van der Waals surface area contributed by atoms with Crippen LogP contribution in [0.4, 0.5) is 0 Å². The molecule has 6 nitrogen and oxygen atoms in total. The summed E-state index contributed by atoms with van der Waals surface area (Å²) in [6.45, 7) is 13.7. The Bertz CT molecular complexity index is 1470. The van der Waals surface area contributed by atoms with E-state index in [1.165, 1.54) is 37.0 Å². The van der Waals surface area contributed by atoms with Gasteiger partial charge in [0.05, 0.1) is 0 Å². The number of rotatable bonds is 18. The average molecular weight is 1230 g/mol. The maximum absolute atomic E-state index is 5.97. The van der Waals surface area contributed by atoms with E-state index in [1.807, 2.05) is 182 Å². The Morgan fingerprint density at radius 3 is 0.508 bits per heavy atom. The first kappa shape index (κ1) is 52.4. The molecule has 0 fully saturated rings. The zero-order chi connectivity index (χ0) is 41.5. The van der Waals surface area contributed by atoms with E-state index in [0.717, 1.165) is 34.5 Å². The minimum absolute atomic E-state index is 0. The molecule has 6 aromatic carbocycles. The van der Waals surface area contributed by atoms with Crippen molar-refractivity contribution in [3.63, 3.8) is 0 Å². The molecule has 6 aromatic rings. The van der Waals surface area contributed by atoms with Gasteiger partial charge in [-0.1, -0.05) is 41.5 Å². The molecule has 6 rings (SSSR count). The molecule has 0 aromatic heterocycles. The van der Waals surface area contributed by atoms with E-state index in [4.69, 9.17) is 18.4 Å². The van der Waals surface area contributed by atoms with Gasteiger partial charge in [0.15, 0.2) is 0 Å². The summed E-state index contributed by atoms with van der Waals surface area (Å²) in [5.74, 6) is 4.60. The Labute approximate surface area is 388 Å². The Kier molecular flexibility index (Phi) is 30.1. The van der Waals surface area contributed by atoms with E-state index in [0.29, 0.717) is 15.8 Å². The second-order valence-electron chi connectivity index (χ2n) is 12.2. The summed E-state index contributed by atoms with van der Waals surface area (Å²) in [6, 6.07) is 57.8. The molecule has 2 radical (unpaired) electrons. The molecule has 0 aliphatic heterocycles. The van der Waals surface area contributed by atoms with E-state index < -0.39 is 42.0 Å². The van der Waals surface area contributed by atoms with Crippen LogP contribution in [0.3, 0.4) is 0 Å². The van der Waals surface area contributed by atoms with E-state index in [2.05, 4.69) is 41.5 Å². The second kappa shape index (κ2) is 33.9. The molecule has 0 N–H and O–H groups in total. The van der Waals surface area contributed by atoms with Gasteiger partial charge in [-0.15, -0.1) is 15.8 Å². The van der Waals surface area contributed by atoms with Crippen LogP contribution in [0.5, 0.6) is 34.5 Å². The van der Waals surface area contributed by atoms with Crippen molar-refractivity contribution >= 4 is 57.8 Å². The van der Waals surface area contributed by atoms with Crippen LogP contribution in [0, 0.1) is 0 Å². The fourth-order valence-corrected chi connectivity index (χ4v) is 14.0. The fraction of sp³-hybridized carbons (Fsp3) is 0.250. The molecule has 316 valence electrons. The number of para-hydroxylation sites is 6. The van der Waals surface area contributed by atoms with Crippen molar-refractivity contribution in [2.24, 2.45) is 0 Å². The predicted octanol–water partition coefficient (Wildman–Crippen LogP) is 13.5. The van der Waals surface area contributed by atoms with Crippen molar-refractivity contribution in [2.45, 2.75) is 41.5 Å². The van der Waals surface area contributed by atoms with Gasteiger partial charge in [0.25, 0.3) is 0 Å². The molecular formula is C48H60O6P2PtSn2. The van der Waals surface area contributed by atoms with Gasteiger partial charge >= 0.3 is 277 Å². The molecule has 0 amide bonds. The van der Waals surface area contributed by atoms with E-state index >= 15 is 0 Å². The third-order valence-corrected chi connectivity index (χ3v) is 20.6. The summed E-state index contributed by atoms with van der Waals surface area (Å²) in [6.07, 6.45) is 8.51. The standard InChI is InChI=1S/6C6H6O.2C6H15P.Pt.2Sn/c6*7-6-4-2-1-3-5-6;2*1-4-7(5-2)6-3;;;/h6*1-5,7H;2*4-6H2,1-3H3;;;/q;;;;;;;;;2*+3/p-6. The fourth-order valence-electron chi connectivity index (χ4n) is 4.98. The van der Waals surface area contributed by atoms with E-state index in [9.17, 15) is 0 Å². The number of hydrogen-bond acceptors (Lipinski definition) is 6. The maximum atomic E-state index is 5.97. The summed E-state index contributed by atoms with van der Waals surface area (Å²) in [5.41, 5.74) is 0. The van der Waals surface area contributed by atoms with Crippen molar-refractivity contribution < 1.29 is 39.5 Å². The van der Waals surface area contributed by atoms with Gasteiger partial charge in [0.2, 0.25) is 0 Å². The third kappa shape index (κ3) is 23.7. The summed E-state index contributed by atoms with van der Waals surface area (Å²) < 4.78 is 35.8. The van der Waals surface area contributed by atoms with Crippen LogP contribution in [-0.2, 0) is 21.1 Å². The van der Waals surface area contributed by atoms with Gasteiger partial charge in [-0.25, -0.2) is 0 Å². The molecule has 0 spiro atoms. The zero-order valence-electron chi connectivity index (χ0n) is 35.2. The minimum atomic E-state index is -3.06. The van der Waals surface area contributed by atoms with Crippen molar-refractivity contribution in [3.05, 3.63) is 182 Å². The first-order valence-electron chi connectivity index (χ1n) is 20.1. The molecule has 0 saturated carbocycles. The van der Waals surface area contributed by atoms with Crippen LogP contribution in [0.25, 0.3) is 0 Å². The molecule has 0 bridgehead atoms. The summed E-state index contributed by atoms with van der Waals surface area (Å²) in [5, 5.41) is 0. The molecule has 0 unspecified atom stereocenters. The summed E-state index contributed by atoms with van der Waals surface area (Å²) in [7, 11) is 0.892. The van der Waals surface area contributed by atoms with Crippen molar-refractivity contribution in [1.29, 1.82) is 0 Å². The normalized spacial score (nSPS) is 10.1. The Morgan fingerprint density at radius 1 is 0.271 bits per heavy atom. The van der Waals surface area contributed by atoms with Gasteiger partial charge < -0.3 is 0 Å². The van der Waals surface area contributed by atoms with Crippen LogP contribution < -0.4 is 18.4 Å².